The summed E-state index contributed by atoms with van der Waals surface area (Å²) in [6, 6.07) is 16.0. The number of nitrogens with one attached hydrogen (secondary N) is 2. The van der Waals surface area contributed by atoms with Gasteiger partial charge in [-0.3, -0.25) is 15.0 Å². The summed E-state index contributed by atoms with van der Waals surface area (Å²) in [5, 5.41) is 30.6. The molecule has 0 saturated heterocycles. The van der Waals surface area contributed by atoms with Crippen molar-refractivity contribution in [3.8, 4) is 0 Å². The number of hydrogen-bond donors (Lipinski definition) is 5. The molecule has 1 unspecified atom stereocenters. The average molecular weight is 522 g/mol. The maximum absolute atomic E-state index is 12.5. The fraction of sp³-hybridized carbons (Fsp3) is 0.292. The zero-order chi connectivity index (χ0) is 27.6. The third kappa shape index (κ3) is 9.99. The quantitative estimate of drug-likeness (QED) is 0.248. The molecule has 1 heterocycles. The molecule has 37 heavy (non-hydrogen) atoms. The summed E-state index contributed by atoms with van der Waals surface area (Å²) in [5.41, 5.74) is 8.60. The molecule has 3 rings (SSSR count). The minimum atomic E-state index is -5.08. The summed E-state index contributed by atoms with van der Waals surface area (Å²) >= 11 is 0. The van der Waals surface area contributed by atoms with Crippen LogP contribution in [0, 0.1) is 5.41 Å². The average Bonchev–Trinajstić information content (AvgIpc) is 3.27. The number of nitrogens with zero attached hydrogens (tertiary/aromatic N) is 1. The van der Waals surface area contributed by atoms with Gasteiger partial charge in [0.2, 0.25) is 5.91 Å². The lowest BCUT2D eigenvalue weighted by molar-refractivity contribution is -0.192. The molecule has 2 aromatic rings. The van der Waals surface area contributed by atoms with Crippen molar-refractivity contribution in [2.24, 2.45) is 10.9 Å². The number of hydrogen-bond acceptors (Lipinski definition) is 6. The molecule has 0 spiro atoms. The molecule has 0 bridgehead atoms. The van der Waals surface area contributed by atoms with Gasteiger partial charge in [0, 0.05) is 18.0 Å². The van der Waals surface area contributed by atoms with Gasteiger partial charge in [-0.25, -0.2) is 4.79 Å². The summed E-state index contributed by atoms with van der Waals surface area (Å²) in [4.78, 5) is 37.9. The summed E-state index contributed by atoms with van der Waals surface area (Å²) in [6.45, 7) is 0. The molecule has 2 atom stereocenters. The predicted octanol–water partition coefficient (Wildman–Crippen LogP) is 2.69. The van der Waals surface area contributed by atoms with Crippen LogP contribution in [0.2, 0.25) is 0 Å². The van der Waals surface area contributed by atoms with Gasteiger partial charge in [0.05, 0.1) is 18.6 Å². The molecule has 13 heteroatoms. The number of carbonyl (C=O) groups is 3. The Bertz CT molecular complexity index is 1140. The molecular weight excluding hydrogens is 497 g/mol. The highest BCUT2D eigenvalue weighted by molar-refractivity contribution is 6.02. The highest BCUT2D eigenvalue weighted by Gasteiger charge is 2.38. The number of carboxylic acids is 2. The fourth-order valence-electron chi connectivity index (χ4n) is 3.33. The second-order valence-electron chi connectivity index (χ2n) is 8.02. The minimum absolute atomic E-state index is 0.00729. The summed E-state index contributed by atoms with van der Waals surface area (Å²) < 4.78 is 31.7. The van der Waals surface area contributed by atoms with Crippen LogP contribution in [0.1, 0.15) is 36.0 Å². The molecule has 0 radical (unpaired) electrons. The van der Waals surface area contributed by atoms with Gasteiger partial charge in [0.15, 0.2) is 0 Å². The largest absolute Gasteiger partial charge is 0.490 e. The normalized spacial score (nSPS) is 15.3. The van der Waals surface area contributed by atoms with E-state index >= 15 is 0 Å². The number of nitrogens with two attached hydrogens (primary N) is 1. The van der Waals surface area contributed by atoms with E-state index in [4.69, 9.17) is 31.0 Å². The molecule has 6 N–H and O–H groups in total. The third-order valence-electron chi connectivity index (χ3n) is 5.03. The van der Waals surface area contributed by atoms with Gasteiger partial charge in [-0.1, -0.05) is 59.8 Å². The Hall–Kier alpha value is -4.42. The lowest BCUT2D eigenvalue weighted by atomic mass is 10.0. The first kappa shape index (κ1) is 28.8. The predicted molar refractivity (Wildman–Crippen MR) is 126 cm³/mol. The highest BCUT2D eigenvalue weighted by atomic mass is 19.4. The monoisotopic (exact) mass is 522 g/mol. The Morgan fingerprint density at radius 2 is 1.70 bits per heavy atom. The first-order valence-corrected chi connectivity index (χ1v) is 10.9. The Morgan fingerprint density at radius 1 is 1.11 bits per heavy atom. The number of aliphatic carboxylic acids is 2. The summed E-state index contributed by atoms with van der Waals surface area (Å²) in [6.07, 6.45) is -4.65. The SMILES string of the molecule is N=C(N)c1ccc(C2=NOC(CC(=O)N[C@@H](CC(=O)O)Cc3ccccc3)C2)cc1.O=C(O)C(F)(F)F. The molecule has 1 amide bonds. The van der Waals surface area contributed by atoms with E-state index in [0.717, 1.165) is 11.1 Å². The van der Waals surface area contributed by atoms with Crippen LogP contribution >= 0.6 is 0 Å². The Balaban J connectivity index is 0.000000604. The number of rotatable bonds is 9. The van der Waals surface area contributed by atoms with Gasteiger partial charge in [-0.2, -0.15) is 13.2 Å². The minimum Gasteiger partial charge on any atom is -0.481 e. The van der Waals surface area contributed by atoms with E-state index in [1.807, 2.05) is 42.5 Å². The van der Waals surface area contributed by atoms with E-state index in [9.17, 15) is 22.8 Å². The summed E-state index contributed by atoms with van der Waals surface area (Å²) in [5.74, 6) is -4.00. The number of halogens is 3. The van der Waals surface area contributed by atoms with Crippen molar-refractivity contribution in [2.45, 2.75) is 44.0 Å². The van der Waals surface area contributed by atoms with E-state index in [1.165, 1.54) is 0 Å². The maximum Gasteiger partial charge on any atom is 0.490 e. The maximum atomic E-state index is 12.5. The third-order valence-corrected chi connectivity index (χ3v) is 5.03. The van der Waals surface area contributed by atoms with Crippen LogP contribution in [-0.4, -0.2) is 57.9 Å². The molecule has 198 valence electrons. The van der Waals surface area contributed by atoms with Gasteiger partial charge in [0.25, 0.3) is 0 Å². The number of oxime groups is 1. The van der Waals surface area contributed by atoms with Gasteiger partial charge in [0.1, 0.15) is 11.9 Å². The van der Waals surface area contributed by atoms with E-state index in [0.29, 0.717) is 24.1 Å². The van der Waals surface area contributed by atoms with E-state index in [-0.39, 0.29) is 24.6 Å². The van der Waals surface area contributed by atoms with Crippen LogP contribution in [0.15, 0.2) is 59.8 Å². The number of nitrogen functional groups attached to an aromatic ring is 1. The Labute approximate surface area is 209 Å². The van der Waals surface area contributed by atoms with Crippen molar-refractivity contribution in [1.82, 2.24) is 5.32 Å². The first-order chi connectivity index (χ1) is 17.3. The van der Waals surface area contributed by atoms with Gasteiger partial charge in [-0.15, -0.1) is 0 Å². The first-order valence-electron chi connectivity index (χ1n) is 10.9. The van der Waals surface area contributed by atoms with Crippen LogP contribution < -0.4 is 11.1 Å². The molecule has 1 aliphatic heterocycles. The number of amides is 1. The second kappa shape index (κ2) is 13.0. The van der Waals surface area contributed by atoms with Crippen molar-refractivity contribution in [1.29, 1.82) is 5.41 Å². The van der Waals surface area contributed by atoms with Crippen molar-refractivity contribution in [3.05, 3.63) is 71.3 Å². The van der Waals surface area contributed by atoms with Crippen molar-refractivity contribution >= 4 is 29.4 Å². The Morgan fingerprint density at radius 3 is 2.22 bits per heavy atom. The molecule has 2 aromatic carbocycles. The van der Waals surface area contributed by atoms with Gasteiger partial charge in [-0.05, 0) is 17.5 Å². The molecule has 0 saturated carbocycles. The molecular formula is C24H25F3N4O6. The molecule has 0 aliphatic carbocycles. The van der Waals surface area contributed by atoms with Gasteiger partial charge < -0.3 is 26.1 Å². The lowest BCUT2D eigenvalue weighted by Gasteiger charge is -2.18. The molecule has 0 aromatic heterocycles. The molecule has 0 fully saturated rings. The number of alkyl halides is 3. The van der Waals surface area contributed by atoms with Crippen LogP contribution in [0.3, 0.4) is 0 Å². The molecule has 1 aliphatic rings. The number of carboxylic acid groups (broad SMARTS) is 2. The van der Waals surface area contributed by atoms with Crippen LogP contribution in [0.4, 0.5) is 13.2 Å². The van der Waals surface area contributed by atoms with Crippen LogP contribution in [0.5, 0.6) is 0 Å². The number of benzene rings is 2. The van der Waals surface area contributed by atoms with Crippen molar-refractivity contribution in [3.63, 3.8) is 0 Å². The number of amidine groups is 1. The highest BCUT2D eigenvalue weighted by Crippen LogP contribution is 2.20. The van der Waals surface area contributed by atoms with Gasteiger partial charge >= 0.3 is 18.1 Å². The standard InChI is InChI=1S/C22H24N4O4.C2HF3O2/c23-22(24)16-8-6-15(7-9-16)19-12-18(30-26-19)13-20(27)25-17(11-21(28)29)10-14-4-2-1-3-5-14;3-2(4,5)1(6)7/h1-9,17-18H,10-13H2,(H3,23,24)(H,25,27)(H,28,29);(H,6,7)/t17-,18?;/m1./s1. The zero-order valence-electron chi connectivity index (χ0n) is 19.4. The van der Waals surface area contributed by atoms with Crippen LogP contribution in [0.25, 0.3) is 0 Å². The summed E-state index contributed by atoms with van der Waals surface area (Å²) in [7, 11) is 0. The van der Waals surface area contributed by atoms with E-state index in [1.54, 1.807) is 12.1 Å². The topological polar surface area (TPSA) is 175 Å². The van der Waals surface area contributed by atoms with E-state index < -0.39 is 30.3 Å². The van der Waals surface area contributed by atoms with Crippen molar-refractivity contribution < 1.29 is 42.6 Å². The smallest absolute Gasteiger partial charge is 0.481 e. The van der Waals surface area contributed by atoms with Crippen LogP contribution in [-0.2, 0) is 25.6 Å². The molecule has 10 nitrogen and oxygen atoms in total. The Kier molecular flexibility index (Phi) is 10.2. The fourth-order valence-corrected chi connectivity index (χ4v) is 3.33. The lowest BCUT2D eigenvalue weighted by Crippen LogP contribution is -2.39. The second-order valence-corrected chi connectivity index (χ2v) is 8.02. The van der Waals surface area contributed by atoms with E-state index in [2.05, 4.69) is 10.5 Å². The zero-order valence-corrected chi connectivity index (χ0v) is 19.4. The van der Waals surface area contributed by atoms with Crippen molar-refractivity contribution in [2.75, 3.05) is 0 Å². The number of carbonyl (C=O) groups excluding carboxylic acids is 1.